The van der Waals surface area contributed by atoms with E-state index in [1.54, 1.807) is 13.2 Å². The molecule has 2 aromatic heterocycles. The molecule has 0 spiro atoms. The van der Waals surface area contributed by atoms with Crippen molar-refractivity contribution < 1.29 is 22.6 Å². The largest absolute Gasteiger partial charge is 0.493 e. The summed E-state index contributed by atoms with van der Waals surface area (Å²) in [7, 11) is 1.54. The molecule has 0 aromatic carbocycles. The molecule has 0 bridgehead atoms. The van der Waals surface area contributed by atoms with Crippen LogP contribution in [0.1, 0.15) is 18.5 Å². The quantitative estimate of drug-likeness (QED) is 0.808. The highest BCUT2D eigenvalue weighted by molar-refractivity contribution is 5.41. The maximum Gasteiger partial charge on any atom is 0.433 e. The number of hydrogen-bond acceptors (Lipinski definition) is 6. The molecule has 0 saturated carbocycles. The molecule has 9 heteroatoms. The summed E-state index contributed by atoms with van der Waals surface area (Å²) in [6.07, 6.45) is -0.0318. The minimum Gasteiger partial charge on any atom is -0.493 e. The fourth-order valence-electron chi connectivity index (χ4n) is 2.89. The van der Waals surface area contributed by atoms with Crippen LogP contribution in [-0.2, 0) is 6.18 Å². The molecule has 0 amide bonds. The second kappa shape index (κ2) is 7.76. The first-order valence-electron chi connectivity index (χ1n) is 8.23. The molecule has 140 valence electrons. The Bertz CT molecular complexity index is 742. The van der Waals surface area contributed by atoms with Gasteiger partial charge < -0.3 is 14.4 Å². The average molecular weight is 368 g/mol. The van der Waals surface area contributed by atoms with Gasteiger partial charge in [0.2, 0.25) is 5.88 Å². The Labute approximate surface area is 149 Å². The van der Waals surface area contributed by atoms with E-state index in [0.717, 1.165) is 37.5 Å². The van der Waals surface area contributed by atoms with Crippen LogP contribution in [0, 0.1) is 5.92 Å². The summed E-state index contributed by atoms with van der Waals surface area (Å²) < 4.78 is 48.9. The van der Waals surface area contributed by atoms with Crippen LogP contribution in [0.5, 0.6) is 11.6 Å². The normalized spacial score (nSPS) is 17.8. The highest BCUT2D eigenvalue weighted by atomic mass is 19.4. The Hall–Kier alpha value is -2.58. The summed E-state index contributed by atoms with van der Waals surface area (Å²) in [4.78, 5) is 13.7. The van der Waals surface area contributed by atoms with Gasteiger partial charge in [-0.05, 0) is 18.9 Å². The van der Waals surface area contributed by atoms with E-state index in [9.17, 15) is 13.2 Å². The Morgan fingerprint density at radius 1 is 1.23 bits per heavy atom. The standard InChI is InChI=1S/C17H19F3N4O2/c1-25-16-8-15(22-11-23-16)24-6-2-3-12(9-24)10-26-13-4-5-21-14(7-13)17(18,19)20/h4-5,7-8,11-12H,2-3,6,9-10H2,1H3. The zero-order chi connectivity index (χ0) is 18.6. The van der Waals surface area contributed by atoms with Crippen LogP contribution in [0.3, 0.4) is 0 Å². The molecule has 6 nitrogen and oxygen atoms in total. The molecular weight excluding hydrogens is 349 g/mol. The summed E-state index contributed by atoms with van der Waals surface area (Å²) in [5.74, 6) is 1.62. The Morgan fingerprint density at radius 3 is 2.85 bits per heavy atom. The van der Waals surface area contributed by atoms with Crippen LogP contribution in [0.2, 0.25) is 0 Å². The van der Waals surface area contributed by atoms with Crippen LogP contribution in [-0.4, -0.2) is 41.8 Å². The van der Waals surface area contributed by atoms with Crippen molar-refractivity contribution in [1.29, 1.82) is 0 Å². The molecule has 3 rings (SSSR count). The van der Waals surface area contributed by atoms with E-state index < -0.39 is 11.9 Å². The number of piperidine rings is 1. The van der Waals surface area contributed by atoms with Crippen molar-refractivity contribution in [3.63, 3.8) is 0 Å². The van der Waals surface area contributed by atoms with Crippen LogP contribution in [0.4, 0.5) is 19.0 Å². The third kappa shape index (κ3) is 4.53. The second-order valence-electron chi connectivity index (χ2n) is 6.06. The zero-order valence-corrected chi connectivity index (χ0v) is 14.2. The lowest BCUT2D eigenvalue weighted by Gasteiger charge is -2.33. The van der Waals surface area contributed by atoms with Gasteiger partial charge in [-0.1, -0.05) is 0 Å². The van der Waals surface area contributed by atoms with E-state index in [1.165, 1.54) is 12.4 Å². The van der Waals surface area contributed by atoms with Crippen molar-refractivity contribution in [3.8, 4) is 11.6 Å². The maximum absolute atomic E-state index is 12.7. The number of methoxy groups -OCH3 is 1. The van der Waals surface area contributed by atoms with E-state index in [2.05, 4.69) is 19.9 Å². The molecule has 1 saturated heterocycles. The first kappa shape index (κ1) is 18.2. The summed E-state index contributed by atoms with van der Waals surface area (Å²) in [5, 5.41) is 0. The minimum absolute atomic E-state index is 0.174. The van der Waals surface area contributed by atoms with Crippen molar-refractivity contribution in [1.82, 2.24) is 15.0 Å². The molecule has 1 fully saturated rings. The Kier molecular flexibility index (Phi) is 5.43. The first-order chi connectivity index (χ1) is 12.5. The molecule has 1 unspecified atom stereocenters. The molecule has 1 atom stereocenters. The van der Waals surface area contributed by atoms with Gasteiger partial charge in [0.25, 0.3) is 0 Å². The number of hydrogen-bond donors (Lipinski definition) is 0. The molecule has 26 heavy (non-hydrogen) atoms. The average Bonchev–Trinajstić information content (AvgIpc) is 2.66. The van der Waals surface area contributed by atoms with Gasteiger partial charge in [0.05, 0.1) is 13.7 Å². The van der Waals surface area contributed by atoms with Crippen molar-refractivity contribution in [3.05, 3.63) is 36.4 Å². The second-order valence-corrected chi connectivity index (χ2v) is 6.06. The minimum atomic E-state index is -4.48. The van der Waals surface area contributed by atoms with Gasteiger partial charge in [0, 0.05) is 37.3 Å². The molecule has 2 aromatic rings. The van der Waals surface area contributed by atoms with Crippen molar-refractivity contribution in [2.75, 3.05) is 31.7 Å². The monoisotopic (exact) mass is 368 g/mol. The first-order valence-corrected chi connectivity index (χ1v) is 8.23. The predicted octanol–water partition coefficient (Wildman–Crippen LogP) is 3.19. The van der Waals surface area contributed by atoms with E-state index in [1.807, 2.05) is 0 Å². The number of ether oxygens (including phenoxy) is 2. The molecule has 0 radical (unpaired) electrons. The fourth-order valence-corrected chi connectivity index (χ4v) is 2.89. The lowest BCUT2D eigenvalue weighted by Crippen LogP contribution is -2.38. The summed E-state index contributed by atoms with van der Waals surface area (Å²) in [6.45, 7) is 1.89. The highest BCUT2D eigenvalue weighted by Gasteiger charge is 2.32. The van der Waals surface area contributed by atoms with E-state index in [4.69, 9.17) is 9.47 Å². The Balaban J connectivity index is 1.60. The summed E-state index contributed by atoms with van der Waals surface area (Å²) in [5.41, 5.74) is -0.951. The van der Waals surface area contributed by atoms with Crippen molar-refractivity contribution >= 4 is 5.82 Å². The predicted molar refractivity (Wildman–Crippen MR) is 88.3 cm³/mol. The molecule has 1 aliphatic rings. The van der Waals surface area contributed by atoms with Gasteiger partial charge in [0.1, 0.15) is 23.6 Å². The molecule has 1 aliphatic heterocycles. The van der Waals surface area contributed by atoms with Crippen molar-refractivity contribution in [2.24, 2.45) is 5.92 Å². The van der Waals surface area contributed by atoms with Crippen LogP contribution in [0.15, 0.2) is 30.7 Å². The van der Waals surface area contributed by atoms with Crippen LogP contribution >= 0.6 is 0 Å². The van der Waals surface area contributed by atoms with Gasteiger partial charge >= 0.3 is 6.18 Å². The number of aromatic nitrogens is 3. The lowest BCUT2D eigenvalue weighted by atomic mass is 9.99. The van der Waals surface area contributed by atoms with Crippen molar-refractivity contribution in [2.45, 2.75) is 19.0 Å². The number of halogens is 3. The summed E-state index contributed by atoms with van der Waals surface area (Å²) >= 11 is 0. The van der Waals surface area contributed by atoms with Gasteiger partial charge in [0.15, 0.2) is 0 Å². The number of nitrogens with zero attached hydrogens (tertiary/aromatic N) is 4. The summed E-state index contributed by atoms with van der Waals surface area (Å²) in [6, 6.07) is 4.13. The Morgan fingerprint density at radius 2 is 2.08 bits per heavy atom. The zero-order valence-electron chi connectivity index (χ0n) is 14.2. The molecule has 0 aliphatic carbocycles. The number of pyridine rings is 1. The SMILES string of the molecule is COc1cc(N2CCCC(COc3ccnc(C(F)(F)F)c3)C2)ncn1. The van der Waals surface area contributed by atoms with Crippen LogP contribution in [0.25, 0.3) is 0 Å². The third-order valence-corrected chi connectivity index (χ3v) is 4.19. The molecular formula is C17H19F3N4O2. The van der Waals surface area contributed by atoms with E-state index in [0.29, 0.717) is 19.0 Å². The van der Waals surface area contributed by atoms with E-state index in [-0.39, 0.29) is 11.7 Å². The smallest absolute Gasteiger partial charge is 0.433 e. The van der Waals surface area contributed by atoms with Gasteiger partial charge in [-0.3, -0.25) is 4.98 Å². The van der Waals surface area contributed by atoms with Gasteiger partial charge in [-0.15, -0.1) is 0 Å². The number of anilines is 1. The van der Waals surface area contributed by atoms with Crippen LogP contribution < -0.4 is 14.4 Å². The highest BCUT2D eigenvalue weighted by Crippen LogP contribution is 2.30. The third-order valence-electron chi connectivity index (χ3n) is 4.19. The van der Waals surface area contributed by atoms with E-state index >= 15 is 0 Å². The lowest BCUT2D eigenvalue weighted by molar-refractivity contribution is -0.141. The van der Waals surface area contributed by atoms with Gasteiger partial charge in [-0.2, -0.15) is 13.2 Å². The molecule has 0 N–H and O–H groups in total. The molecule has 3 heterocycles. The topological polar surface area (TPSA) is 60.4 Å². The maximum atomic E-state index is 12.7. The fraction of sp³-hybridized carbons (Fsp3) is 0.471. The number of alkyl halides is 3. The number of rotatable bonds is 5. The van der Waals surface area contributed by atoms with Gasteiger partial charge in [-0.25, -0.2) is 9.97 Å².